The molecule has 86 valence electrons. The van der Waals surface area contributed by atoms with Gasteiger partial charge in [-0.2, -0.15) is 0 Å². The van der Waals surface area contributed by atoms with Gasteiger partial charge < -0.3 is 5.32 Å². The highest BCUT2D eigenvalue weighted by Gasteiger charge is 2.36. The third-order valence-corrected chi connectivity index (χ3v) is 4.29. The molecule has 2 rings (SSSR count). The van der Waals surface area contributed by atoms with Crippen LogP contribution in [-0.2, 0) is 0 Å². The molecule has 1 unspecified atom stereocenters. The molecule has 1 atom stereocenters. The minimum absolute atomic E-state index is 0.624. The predicted molar refractivity (Wildman–Crippen MR) is 66.0 cm³/mol. The first-order valence-corrected chi connectivity index (χ1v) is 6.78. The molecular formula is C14H25N. The monoisotopic (exact) mass is 207 g/mol. The zero-order valence-corrected chi connectivity index (χ0v) is 10.1. The largest absolute Gasteiger partial charge is 0.313 e. The number of allylic oxidation sites excluding steroid dienone is 1. The van der Waals surface area contributed by atoms with E-state index in [1.165, 1.54) is 64.5 Å². The molecule has 1 fully saturated rings. The molecule has 2 aliphatic rings. The molecule has 1 aliphatic carbocycles. The topological polar surface area (TPSA) is 12.0 Å². The summed E-state index contributed by atoms with van der Waals surface area (Å²) < 4.78 is 0. The van der Waals surface area contributed by atoms with E-state index in [1.54, 1.807) is 5.57 Å². The summed E-state index contributed by atoms with van der Waals surface area (Å²) in [7, 11) is 0. The van der Waals surface area contributed by atoms with Gasteiger partial charge in [0.1, 0.15) is 0 Å². The Balaban J connectivity index is 2.00. The van der Waals surface area contributed by atoms with Gasteiger partial charge in [-0.1, -0.05) is 37.8 Å². The van der Waals surface area contributed by atoms with Gasteiger partial charge in [0, 0.05) is 6.54 Å². The Bertz CT molecular complexity index is 231. The van der Waals surface area contributed by atoms with Crippen LogP contribution in [-0.4, -0.2) is 13.1 Å². The van der Waals surface area contributed by atoms with Gasteiger partial charge in [-0.05, 0) is 44.1 Å². The maximum atomic E-state index is 3.53. The Hall–Kier alpha value is -0.300. The SMILES string of the molecule is CCCCCC12CCCC=C1CNCC2. The third kappa shape index (κ3) is 2.44. The van der Waals surface area contributed by atoms with Crippen LogP contribution in [0.25, 0.3) is 0 Å². The number of unbranched alkanes of at least 4 members (excludes halogenated alkanes) is 2. The van der Waals surface area contributed by atoms with E-state index in [1.807, 2.05) is 0 Å². The van der Waals surface area contributed by atoms with Crippen LogP contribution in [0, 0.1) is 5.41 Å². The second kappa shape index (κ2) is 5.16. The second-order valence-corrected chi connectivity index (χ2v) is 5.29. The van der Waals surface area contributed by atoms with Crippen LogP contribution in [0.5, 0.6) is 0 Å². The predicted octanol–water partition coefficient (Wildman–Crippen LogP) is 3.66. The quantitative estimate of drug-likeness (QED) is 0.548. The molecule has 1 saturated heterocycles. The van der Waals surface area contributed by atoms with E-state index in [0.29, 0.717) is 5.41 Å². The molecule has 1 N–H and O–H groups in total. The van der Waals surface area contributed by atoms with Crippen molar-refractivity contribution in [2.24, 2.45) is 5.41 Å². The molecule has 1 nitrogen and oxygen atoms in total. The molecule has 0 radical (unpaired) electrons. The number of nitrogens with one attached hydrogen (secondary N) is 1. The summed E-state index contributed by atoms with van der Waals surface area (Å²) in [6.07, 6.45) is 13.8. The number of rotatable bonds is 4. The summed E-state index contributed by atoms with van der Waals surface area (Å²) in [5.74, 6) is 0. The summed E-state index contributed by atoms with van der Waals surface area (Å²) in [5, 5.41) is 3.53. The van der Waals surface area contributed by atoms with Crippen molar-refractivity contribution in [2.45, 2.75) is 58.3 Å². The zero-order chi connectivity index (χ0) is 10.6. The fourth-order valence-electron chi connectivity index (χ4n) is 3.31. The molecule has 1 aliphatic heterocycles. The molecular weight excluding hydrogens is 182 g/mol. The van der Waals surface area contributed by atoms with Crippen molar-refractivity contribution in [1.82, 2.24) is 5.32 Å². The summed E-state index contributed by atoms with van der Waals surface area (Å²) >= 11 is 0. The highest BCUT2D eigenvalue weighted by Crippen LogP contribution is 2.45. The van der Waals surface area contributed by atoms with E-state index in [-0.39, 0.29) is 0 Å². The summed E-state index contributed by atoms with van der Waals surface area (Å²) in [6, 6.07) is 0. The van der Waals surface area contributed by atoms with Gasteiger partial charge in [-0.3, -0.25) is 0 Å². The van der Waals surface area contributed by atoms with Gasteiger partial charge >= 0.3 is 0 Å². The van der Waals surface area contributed by atoms with Crippen molar-refractivity contribution in [3.63, 3.8) is 0 Å². The first kappa shape index (κ1) is 11.2. The number of fused-ring (bicyclic) bond motifs is 1. The highest BCUT2D eigenvalue weighted by atomic mass is 14.9. The fraction of sp³-hybridized carbons (Fsp3) is 0.857. The molecule has 0 bridgehead atoms. The van der Waals surface area contributed by atoms with Crippen LogP contribution in [0.15, 0.2) is 11.6 Å². The molecule has 1 heterocycles. The van der Waals surface area contributed by atoms with Crippen molar-refractivity contribution in [3.8, 4) is 0 Å². The fourth-order valence-corrected chi connectivity index (χ4v) is 3.31. The van der Waals surface area contributed by atoms with Crippen molar-refractivity contribution in [3.05, 3.63) is 11.6 Å². The minimum Gasteiger partial charge on any atom is -0.313 e. The minimum atomic E-state index is 0.624. The summed E-state index contributed by atoms with van der Waals surface area (Å²) in [6.45, 7) is 4.72. The van der Waals surface area contributed by atoms with Gasteiger partial charge in [-0.25, -0.2) is 0 Å². The zero-order valence-electron chi connectivity index (χ0n) is 10.1. The summed E-state index contributed by atoms with van der Waals surface area (Å²) in [4.78, 5) is 0. The number of piperidine rings is 1. The van der Waals surface area contributed by atoms with Crippen LogP contribution in [0.3, 0.4) is 0 Å². The van der Waals surface area contributed by atoms with E-state index < -0.39 is 0 Å². The van der Waals surface area contributed by atoms with E-state index in [9.17, 15) is 0 Å². The van der Waals surface area contributed by atoms with Gasteiger partial charge in [0.25, 0.3) is 0 Å². The average molecular weight is 207 g/mol. The third-order valence-electron chi connectivity index (χ3n) is 4.29. The normalized spacial score (nSPS) is 30.9. The van der Waals surface area contributed by atoms with Crippen LogP contribution in [0.1, 0.15) is 58.3 Å². The Morgan fingerprint density at radius 3 is 3.13 bits per heavy atom. The van der Waals surface area contributed by atoms with E-state index in [4.69, 9.17) is 0 Å². The average Bonchev–Trinajstić information content (AvgIpc) is 2.29. The Morgan fingerprint density at radius 2 is 2.27 bits per heavy atom. The van der Waals surface area contributed by atoms with E-state index >= 15 is 0 Å². The van der Waals surface area contributed by atoms with E-state index in [2.05, 4.69) is 18.3 Å². The van der Waals surface area contributed by atoms with Crippen molar-refractivity contribution in [1.29, 1.82) is 0 Å². The number of hydrogen-bond acceptors (Lipinski definition) is 1. The van der Waals surface area contributed by atoms with Crippen molar-refractivity contribution in [2.75, 3.05) is 13.1 Å². The molecule has 0 aromatic rings. The molecule has 15 heavy (non-hydrogen) atoms. The van der Waals surface area contributed by atoms with Crippen LogP contribution in [0.2, 0.25) is 0 Å². The Morgan fingerprint density at radius 1 is 1.33 bits per heavy atom. The first-order valence-electron chi connectivity index (χ1n) is 6.78. The molecule has 0 aromatic carbocycles. The lowest BCUT2D eigenvalue weighted by Crippen LogP contribution is -2.40. The van der Waals surface area contributed by atoms with Gasteiger partial charge in [0.2, 0.25) is 0 Å². The molecule has 0 spiro atoms. The maximum absolute atomic E-state index is 3.53. The maximum Gasteiger partial charge on any atom is 0.0170 e. The van der Waals surface area contributed by atoms with Gasteiger partial charge in [0.15, 0.2) is 0 Å². The summed E-state index contributed by atoms with van der Waals surface area (Å²) in [5.41, 5.74) is 2.37. The molecule has 0 amide bonds. The standard InChI is InChI=1S/C14H25N/c1-2-3-5-8-14-9-6-4-7-13(14)12-15-11-10-14/h7,15H,2-6,8-12H2,1H3. The first-order chi connectivity index (χ1) is 7.37. The molecule has 1 heteroatoms. The lowest BCUT2D eigenvalue weighted by molar-refractivity contribution is 0.219. The molecule has 0 aromatic heterocycles. The Labute approximate surface area is 94.3 Å². The van der Waals surface area contributed by atoms with Crippen molar-refractivity contribution >= 4 is 0 Å². The Kier molecular flexibility index (Phi) is 3.85. The lowest BCUT2D eigenvalue weighted by atomic mass is 9.66. The van der Waals surface area contributed by atoms with Crippen molar-refractivity contribution < 1.29 is 0 Å². The van der Waals surface area contributed by atoms with Crippen LogP contribution < -0.4 is 5.32 Å². The van der Waals surface area contributed by atoms with E-state index in [0.717, 1.165) is 0 Å². The second-order valence-electron chi connectivity index (χ2n) is 5.29. The smallest absolute Gasteiger partial charge is 0.0170 e. The van der Waals surface area contributed by atoms with Gasteiger partial charge in [-0.15, -0.1) is 0 Å². The number of hydrogen-bond donors (Lipinski definition) is 1. The van der Waals surface area contributed by atoms with Crippen LogP contribution >= 0.6 is 0 Å². The highest BCUT2D eigenvalue weighted by molar-refractivity contribution is 5.21. The molecule has 0 saturated carbocycles. The lowest BCUT2D eigenvalue weighted by Gasteiger charge is -2.43. The van der Waals surface area contributed by atoms with Gasteiger partial charge in [0.05, 0.1) is 0 Å². The van der Waals surface area contributed by atoms with Crippen LogP contribution in [0.4, 0.5) is 0 Å².